The van der Waals surface area contributed by atoms with Crippen LogP contribution in [0.15, 0.2) is 326 Å². The molecule has 0 aliphatic heterocycles. The normalized spacial score (nSPS) is 14.3. The van der Waals surface area contributed by atoms with Crippen LogP contribution in [-0.2, 0) is 0 Å². The monoisotopic (exact) mass is 984 g/mol. The lowest BCUT2D eigenvalue weighted by atomic mass is 9.60. The topological polar surface area (TPSA) is 13.0 Å². The molecule has 4 nitrogen and oxygen atoms in total. The van der Waals surface area contributed by atoms with Gasteiger partial charge in [-0.3, -0.25) is 0 Å². The number of anilines is 10. The van der Waals surface area contributed by atoms with Crippen molar-refractivity contribution in [3.8, 4) is 0 Å². The predicted molar refractivity (Wildman–Crippen MR) is 323 cm³/mol. The first-order valence-electron chi connectivity index (χ1n) is 26.4. The van der Waals surface area contributed by atoms with Crippen LogP contribution in [0.2, 0.25) is 0 Å². The van der Waals surface area contributed by atoms with Crippen molar-refractivity contribution in [1.29, 1.82) is 0 Å². The first-order valence-corrected chi connectivity index (χ1v) is 26.4. The van der Waals surface area contributed by atoms with Gasteiger partial charge in [-0.2, -0.15) is 0 Å². The van der Waals surface area contributed by atoms with Crippen molar-refractivity contribution >= 4 is 80.2 Å². The van der Waals surface area contributed by atoms with Crippen molar-refractivity contribution in [2.45, 2.75) is 0 Å². The Morgan fingerprint density at radius 1 is 0.221 bits per heavy atom. The number of hydrogen-bond donors (Lipinski definition) is 0. The van der Waals surface area contributed by atoms with Gasteiger partial charge in [-0.1, -0.05) is 170 Å². The van der Waals surface area contributed by atoms with Gasteiger partial charge in [0.25, 0.3) is 0 Å². The maximum Gasteiger partial charge on any atom is 0.102 e. The summed E-state index contributed by atoms with van der Waals surface area (Å²) in [6.45, 7) is 0. The highest BCUT2D eigenvalue weighted by Gasteiger charge is 2.56. The fourth-order valence-corrected chi connectivity index (χ4v) is 12.1. The van der Waals surface area contributed by atoms with Crippen LogP contribution in [0.25, 0.3) is 23.3 Å². The molecule has 364 valence electrons. The lowest BCUT2D eigenvalue weighted by Gasteiger charge is -2.51. The molecule has 10 aromatic carbocycles. The van der Waals surface area contributed by atoms with E-state index in [-0.39, 0.29) is 0 Å². The predicted octanol–water partition coefficient (Wildman–Crippen LogP) is 19.3. The van der Waals surface area contributed by atoms with E-state index < -0.39 is 5.41 Å². The summed E-state index contributed by atoms with van der Waals surface area (Å²) in [4.78, 5) is 9.73. The molecule has 4 aliphatic rings. The molecule has 0 saturated carbocycles. The highest BCUT2D eigenvalue weighted by Crippen LogP contribution is 2.67. The quantitative estimate of drug-likeness (QED) is 0.121. The SMILES string of the molecule is C1=C2C(=Cc3cc(N(c4ccccc4)c4ccccc4)ccc32)C2(C3=Cc4cc(N(c5ccccc5)c5ccccc5)ccc4C3=CC=C2N(c2ccccc2)c2ccccc2)C(N(c2ccccc2)c2ccccc2)=C1. The van der Waals surface area contributed by atoms with Gasteiger partial charge in [-0.05, 0) is 190 Å². The third kappa shape index (κ3) is 7.77. The first-order chi connectivity index (χ1) is 38.2. The number of nitrogens with zero attached hydrogens (tertiary/aromatic N) is 4. The molecule has 77 heavy (non-hydrogen) atoms. The summed E-state index contributed by atoms with van der Waals surface area (Å²) in [5.74, 6) is 0. The minimum absolute atomic E-state index is 0.930. The van der Waals surface area contributed by atoms with E-state index in [0.29, 0.717) is 0 Å². The molecule has 0 unspecified atom stereocenters. The number of fused-ring (bicyclic) bond motifs is 8. The Hall–Kier alpha value is -10.2. The minimum atomic E-state index is -0.930. The zero-order chi connectivity index (χ0) is 51.1. The van der Waals surface area contributed by atoms with Crippen molar-refractivity contribution in [1.82, 2.24) is 0 Å². The average Bonchev–Trinajstić information content (AvgIpc) is 4.12. The Balaban J connectivity index is 1.06. The van der Waals surface area contributed by atoms with Crippen LogP contribution in [0.5, 0.6) is 0 Å². The standard InChI is InChI=1S/C73H52N4/c1-9-25-55(26-10-1)74(56-27-11-2-12-28-56)63-41-43-65-53(49-63)51-69-67(65)45-47-71(76(59-33-17-5-18-34-59)60-35-19-6-20-36-60)73(69)70-52-54-50-64(75(57-29-13-3-14-30-57)58-31-15-4-16-32-58)42-44-66(54)68(70)46-48-72(73)77(61-37-21-7-22-38-61)62-39-23-8-24-40-62/h1-52H. The Morgan fingerprint density at radius 2 is 0.468 bits per heavy atom. The van der Waals surface area contributed by atoms with Gasteiger partial charge in [0, 0.05) is 68.3 Å². The smallest absolute Gasteiger partial charge is 0.102 e. The molecule has 1 spiro atoms. The van der Waals surface area contributed by atoms with Gasteiger partial charge >= 0.3 is 0 Å². The van der Waals surface area contributed by atoms with Crippen molar-refractivity contribution in [3.05, 3.63) is 348 Å². The average molecular weight is 985 g/mol. The molecule has 0 N–H and O–H groups in total. The van der Waals surface area contributed by atoms with Crippen LogP contribution in [-0.4, -0.2) is 0 Å². The van der Waals surface area contributed by atoms with Crippen LogP contribution in [0.3, 0.4) is 0 Å². The Labute approximate surface area is 451 Å². The summed E-state index contributed by atoms with van der Waals surface area (Å²) in [7, 11) is 0. The van der Waals surface area contributed by atoms with Gasteiger partial charge < -0.3 is 19.6 Å². The zero-order valence-corrected chi connectivity index (χ0v) is 42.3. The highest BCUT2D eigenvalue weighted by molar-refractivity contribution is 6.09. The van der Waals surface area contributed by atoms with Crippen molar-refractivity contribution in [2.24, 2.45) is 5.41 Å². The molecular formula is C73H52N4. The third-order valence-corrected chi connectivity index (χ3v) is 15.3. The van der Waals surface area contributed by atoms with Gasteiger partial charge in [-0.25, -0.2) is 0 Å². The van der Waals surface area contributed by atoms with Crippen molar-refractivity contribution in [3.63, 3.8) is 0 Å². The van der Waals surface area contributed by atoms with Crippen LogP contribution in [0, 0.1) is 5.41 Å². The largest absolute Gasteiger partial charge is 0.313 e. The van der Waals surface area contributed by atoms with E-state index in [0.717, 1.165) is 68.3 Å². The summed E-state index contributed by atoms with van der Waals surface area (Å²) in [6.07, 6.45) is 14.6. The summed E-state index contributed by atoms with van der Waals surface area (Å²) in [6, 6.07) is 100. The van der Waals surface area contributed by atoms with Crippen molar-refractivity contribution in [2.75, 3.05) is 19.6 Å². The molecule has 4 heteroatoms. The summed E-state index contributed by atoms with van der Waals surface area (Å²) in [5, 5.41) is 0. The number of allylic oxidation sites excluding steroid dienone is 6. The number of benzene rings is 10. The van der Waals surface area contributed by atoms with Crippen LogP contribution in [0.1, 0.15) is 22.3 Å². The number of rotatable bonds is 12. The van der Waals surface area contributed by atoms with Gasteiger partial charge in [-0.15, -0.1) is 0 Å². The number of hydrogen-bond acceptors (Lipinski definition) is 4. The van der Waals surface area contributed by atoms with E-state index >= 15 is 0 Å². The molecule has 0 bridgehead atoms. The van der Waals surface area contributed by atoms with Crippen molar-refractivity contribution < 1.29 is 0 Å². The van der Waals surface area contributed by atoms with E-state index in [1.54, 1.807) is 0 Å². The maximum absolute atomic E-state index is 2.51. The van der Waals surface area contributed by atoms with Gasteiger partial charge in [0.05, 0.1) is 0 Å². The van der Waals surface area contributed by atoms with E-state index in [1.165, 1.54) is 44.5 Å². The van der Waals surface area contributed by atoms with E-state index in [4.69, 9.17) is 0 Å². The summed E-state index contributed by atoms with van der Waals surface area (Å²) in [5.41, 5.74) is 21.7. The van der Waals surface area contributed by atoms with Gasteiger partial charge in [0.1, 0.15) is 5.41 Å². The van der Waals surface area contributed by atoms with Crippen LogP contribution < -0.4 is 19.6 Å². The Morgan fingerprint density at radius 3 is 0.727 bits per heavy atom. The third-order valence-electron chi connectivity index (χ3n) is 15.3. The highest BCUT2D eigenvalue weighted by atomic mass is 15.2. The zero-order valence-electron chi connectivity index (χ0n) is 42.3. The Bertz CT molecular complexity index is 3570. The van der Waals surface area contributed by atoms with E-state index in [9.17, 15) is 0 Å². The van der Waals surface area contributed by atoms with Crippen LogP contribution in [0.4, 0.5) is 56.9 Å². The Kier molecular flexibility index (Phi) is 11.4. The molecule has 0 heterocycles. The van der Waals surface area contributed by atoms with Gasteiger partial charge in [0.15, 0.2) is 0 Å². The molecule has 0 atom stereocenters. The summed E-state index contributed by atoms with van der Waals surface area (Å²) < 4.78 is 0. The molecule has 0 aromatic heterocycles. The number of para-hydroxylation sites is 8. The fourth-order valence-electron chi connectivity index (χ4n) is 12.1. The lowest BCUT2D eigenvalue weighted by Crippen LogP contribution is -2.44. The van der Waals surface area contributed by atoms with E-state index in [2.05, 4.69) is 335 Å². The lowest BCUT2D eigenvalue weighted by molar-refractivity contribution is 0.616. The molecular weight excluding hydrogens is 933 g/mol. The minimum Gasteiger partial charge on any atom is -0.313 e. The first kappa shape index (κ1) is 45.5. The second-order valence-corrected chi connectivity index (χ2v) is 19.7. The maximum atomic E-state index is 2.51. The fraction of sp³-hybridized carbons (Fsp3) is 0.0137. The molecule has 0 amide bonds. The molecule has 4 aliphatic carbocycles. The second kappa shape index (κ2) is 19.3. The second-order valence-electron chi connectivity index (χ2n) is 19.7. The van der Waals surface area contributed by atoms with Crippen LogP contribution >= 0.6 is 0 Å². The van der Waals surface area contributed by atoms with E-state index in [1.807, 2.05) is 0 Å². The van der Waals surface area contributed by atoms with Gasteiger partial charge in [0.2, 0.25) is 0 Å². The molecule has 0 saturated heterocycles. The molecule has 14 rings (SSSR count). The summed E-state index contributed by atoms with van der Waals surface area (Å²) >= 11 is 0. The molecule has 0 radical (unpaired) electrons. The molecule has 0 fully saturated rings. The molecule has 10 aromatic rings.